The minimum atomic E-state index is -0.398. The van der Waals surface area contributed by atoms with Gasteiger partial charge in [0.05, 0.1) is 30.7 Å². The van der Waals surface area contributed by atoms with Crippen molar-refractivity contribution in [2.75, 3.05) is 13.2 Å². The van der Waals surface area contributed by atoms with Crippen LogP contribution in [0.25, 0.3) is 0 Å². The van der Waals surface area contributed by atoms with Crippen molar-refractivity contribution >= 4 is 5.97 Å². The second-order valence-corrected chi connectivity index (χ2v) is 4.11. The van der Waals surface area contributed by atoms with E-state index in [1.807, 2.05) is 6.92 Å². The zero-order chi connectivity index (χ0) is 12.1. The Morgan fingerprint density at radius 1 is 1.53 bits per heavy atom. The third-order valence-electron chi connectivity index (χ3n) is 2.74. The lowest BCUT2D eigenvalue weighted by Crippen LogP contribution is -2.16. The number of hydrogen-bond donors (Lipinski definition) is 1. The molecular formula is C12H17N3O2. The van der Waals surface area contributed by atoms with Crippen molar-refractivity contribution in [2.45, 2.75) is 32.2 Å². The van der Waals surface area contributed by atoms with Crippen LogP contribution in [-0.4, -0.2) is 29.1 Å². The highest BCUT2D eigenvalue weighted by atomic mass is 16.5. The third kappa shape index (κ3) is 3.00. The topological polar surface area (TPSA) is 64.1 Å². The molecule has 1 aromatic rings. The number of nitrogens with one attached hydrogen (secondary N) is 1. The Labute approximate surface area is 101 Å². The van der Waals surface area contributed by atoms with Crippen molar-refractivity contribution in [3.63, 3.8) is 0 Å². The van der Waals surface area contributed by atoms with Gasteiger partial charge in [0.15, 0.2) is 5.69 Å². The van der Waals surface area contributed by atoms with Gasteiger partial charge >= 0.3 is 5.97 Å². The Morgan fingerprint density at radius 3 is 3.00 bits per heavy atom. The highest BCUT2D eigenvalue weighted by Gasteiger charge is 2.18. The number of carbonyl (C=O) groups is 1. The SMILES string of the molecule is CCCOC(=O)c1cnc(C2CCCN2)cn1. The van der Waals surface area contributed by atoms with Gasteiger partial charge in [0, 0.05) is 0 Å². The fraction of sp³-hybridized carbons (Fsp3) is 0.583. The first kappa shape index (κ1) is 12.0. The largest absolute Gasteiger partial charge is 0.461 e. The molecule has 1 N–H and O–H groups in total. The maximum Gasteiger partial charge on any atom is 0.358 e. The van der Waals surface area contributed by atoms with Crippen LogP contribution in [0.3, 0.4) is 0 Å². The molecule has 1 aliphatic heterocycles. The Kier molecular flexibility index (Phi) is 4.03. The summed E-state index contributed by atoms with van der Waals surface area (Å²) < 4.78 is 4.99. The van der Waals surface area contributed by atoms with Crippen molar-refractivity contribution < 1.29 is 9.53 Å². The van der Waals surface area contributed by atoms with Gasteiger partial charge in [-0.15, -0.1) is 0 Å². The van der Waals surface area contributed by atoms with E-state index < -0.39 is 5.97 Å². The van der Waals surface area contributed by atoms with Gasteiger partial charge in [-0.2, -0.15) is 0 Å². The number of esters is 1. The van der Waals surface area contributed by atoms with Crippen LogP contribution in [-0.2, 0) is 4.74 Å². The summed E-state index contributed by atoms with van der Waals surface area (Å²) in [4.78, 5) is 19.9. The Bertz CT molecular complexity index is 372. The molecule has 1 unspecified atom stereocenters. The lowest BCUT2D eigenvalue weighted by molar-refractivity contribution is 0.0497. The van der Waals surface area contributed by atoms with Crippen molar-refractivity contribution in [1.82, 2.24) is 15.3 Å². The van der Waals surface area contributed by atoms with Gasteiger partial charge in [-0.1, -0.05) is 6.92 Å². The van der Waals surface area contributed by atoms with Gasteiger partial charge in [0.1, 0.15) is 0 Å². The van der Waals surface area contributed by atoms with E-state index in [4.69, 9.17) is 4.74 Å². The molecule has 1 saturated heterocycles. The van der Waals surface area contributed by atoms with Gasteiger partial charge in [-0.25, -0.2) is 9.78 Å². The fourth-order valence-corrected chi connectivity index (χ4v) is 1.83. The Balaban J connectivity index is 1.99. The van der Waals surface area contributed by atoms with Crippen LogP contribution in [0.15, 0.2) is 12.4 Å². The van der Waals surface area contributed by atoms with Crippen LogP contribution in [0.2, 0.25) is 0 Å². The Morgan fingerprint density at radius 2 is 2.41 bits per heavy atom. The number of nitrogens with zero attached hydrogens (tertiary/aromatic N) is 2. The quantitative estimate of drug-likeness (QED) is 0.800. The summed E-state index contributed by atoms with van der Waals surface area (Å²) in [6, 6.07) is 0.281. The second-order valence-electron chi connectivity index (χ2n) is 4.11. The first-order chi connectivity index (χ1) is 8.31. The standard InChI is InChI=1S/C12H17N3O2/c1-2-6-17-12(16)11-8-14-10(7-15-11)9-4-3-5-13-9/h7-9,13H,2-6H2,1H3. The van der Waals surface area contributed by atoms with E-state index in [9.17, 15) is 4.79 Å². The summed E-state index contributed by atoms with van der Waals surface area (Å²) in [5.74, 6) is -0.398. The summed E-state index contributed by atoms with van der Waals surface area (Å²) >= 11 is 0. The van der Waals surface area contributed by atoms with Crippen LogP contribution >= 0.6 is 0 Å². The maximum atomic E-state index is 11.5. The minimum absolute atomic E-state index is 0.278. The van der Waals surface area contributed by atoms with Crippen LogP contribution in [0.1, 0.15) is 48.4 Å². The highest BCUT2D eigenvalue weighted by Crippen LogP contribution is 2.20. The molecule has 0 saturated carbocycles. The van der Waals surface area contributed by atoms with E-state index in [2.05, 4.69) is 15.3 Å². The van der Waals surface area contributed by atoms with E-state index in [1.54, 1.807) is 6.20 Å². The normalized spacial score (nSPS) is 19.2. The third-order valence-corrected chi connectivity index (χ3v) is 2.74. The van der Waals surface area contributed by atoms with Gasteiger partial charge < -0.3 is 10.1 Å². The molecule has 2 rings (SSSR count). The monoisotopic (exact) mass is 235 g/mol. The molecule has 1 aliphatic rings. The molecule has 0 bridgehead atoms. The van der Waals surface area contributed by atoms with Crippen molar-refractivity contribution in [3.05, 3.63) is 23.8 Å². The van der Waals surface area contributed by atoms with Gasteiger partial charge in [-0.3, -0.25) is 4.98 Å². The predicted molar refractivity (Wildman–Crippen MR) is 62.6 cm³/mol. The molecule has 0 radical (unpaired) electrons. The lowest BCUT2D eigenvalue weighted by Gasteiger charge is -2.09. The average molecular weight is 235 g/mol. The summed E-state index contributed by atoms with van der Waals surface area (Å²) in [5.41, 5.74) is 1.18. The number of hydrogen-bond acceptors (Lipinski definition) is 5. The average Bonchev–Trinajstić information content (AvgIpc) is 2.90. The smallest absolute Gasteiger partial charge is 0.358 e. The van der Waals surface area contributed by atoms with Crippen LogP contribution in [0, 0.1) is 0 Å². The van der Waals surface area contributed by atoms with Gasteiger partial charge in [0.2, 0.25) is 0 Å². The molecule has 5 nitrogen and oxygen atoms in total. The molecule has 0 aromatic carbocycles. The molecule has 2 heterocycles. The molecule has 17 heavy (non-hydrogen) atoms. The molecule has 5 heteroatoms. The maximum absolute atomic E-state index is 11.5. The molecule has 0 spiro atoms. The summed E-state index contributed by atoms with van der Waals surface area (Å²) in [6.07, 6.45) is 6.20. The van der Waals surface area contributed by atoms with Crippen molar-refractivity contribution in [1.29, 1.82) is 0 Å². The summed E-state index contributed by atoms with van der Waals surface area (Å²) in [6.45, 7) is 3.40. The van der Waals surface area contributed by atoms with E-state index in [0.717, 1.165) is 31.5 Å². The Hall–Kier alpha value is -1.49. The van der Waals surface area contributed by atoms with Crippen LogP contribution < -0.4 is 5.32 Å². The van der Waals surface area contributed by atoms with Crippen LogP contribution in [0.4, 0.5) is 0 Å². The van der Waals surface area contributed by atoms with Gasteiger partial charge in [-0.05, 0) is 25.8 Å². The van der Waals surface area contributed by atoms with E-state index in [1.165, 1.54) is 6.20 Å². The minimum Gasteiger partial charge on any atom is -0.461 e. The van der Waals surface area contributed by atoms with Crippen LogP contribution in [0.5, 0.6) is 0 Å². The summed E-state index contributed by atoms with van der Waals surface area (Å²) in [7, 11) is 0. The number of ether oxygens (including phenoxy) is 1. The lowest BCUT2D eigenvalue weighted by atomic mass is 10.2. The molecular weight excluding hydrogens is 218 g/mol. The van der Waals surface area contributed by atoms with E-state index in [-0.39, 0.29) is 11.7 Å². The second kappa shape index (κ2) is 5.72. The summed E-state index contributed by atoms with van der Waals surface area (Å²) in [5, 5.41) is 3.34. The molecule has 0 amide bonds. The molecule has 1 aromatic heterocycles. The number of rotatable bonds is 4. The van der Waals surface area contributed by atoms with E-state index >= 15 is 0 Å². The first-order valence-electron chi connectivity index (χ1n) is 6.03. The highest BCUT2D eigenvalue weighted by molar-refractivity contribution is 5.86. The molecule has 92 valence electrons. The van der Waals surface area contributed by atoms with Crippen molar-refractivity contribution in [3.8, 4) is 0 Å². The molecule has 1 atom stereocenters. The fourth-order valence-electron chi connectivity index (χ4n) is 1.83. The zero-order valence-electron chi connectivity index (χ0n) is 9.98. The number of aromatic nitrogens is 2. The van der Waals surface area contributed by atoms with Gasteiger partial charge in [0.25, 0.3) is 0 Å². The predicted octanol–water partition coefficient (Wildman–Crippen LogP) is 1.47. The molecule has 0 aliphatic carbocycles. The zero-order valence-corrected chi connectivity index (χ0v) is 9.98. The van der Waals surface area contributed by atoms with E-state index in [0.29, 0.717) is 6.61 Å². The number of carbonyl (C=O) groups excluding carboxylic acids is 1. The van der Waals surface area contributed by atoms with Crippen molar-refractivity contribution in [2.24, 2.45) is 0 Å². The molecule has 1 fully saturated rings. The first-order valence-corrected chi connectivity index (χ1v) is 6.03.